The van der Waals surface area contributed by atoms with Crippen molar-refractivity contribution in [2.45, 2.75) is 13.0 Å². The van der Waals surface area contributed by atoms with Crippen molar-refractivity contribution in [2.24, 2.45) is 0 Å². The molecule has 0 bridgehead atoms. The third kappa shape index (κ3) is 2.57. The van der Waals surface area contributed by atoms with Crippen molar-refractivity contribution in [3.63, 3.8) is 0 Å². The quantitative estimate of drug-likeness (QED) is 0.642. The average Bonchev–Trinajstić information content (AvgIpc) is 2.53. The third-order valence-electron chi connectivity index (χ3n) is 1.36. The topological polar surface area (TPSA) is 57.8 Å². The molecule has 0 aliphatic heterocycles. The van der Waals surface area contributed by atoms with Crippen molar-refractivity contribution in [3.05, 3.63) is 30.9 Å². The molecule has 0 atom stereocenters. The Labute approximate surface area is 70.7 Å². The van der Waals surface area contributed by atoms with Gasteiger partial charge in [-0.25, -0.2) is 4.98 Å². The number of nitrogens with one attached hydrogen (secondary N) is 2. The number of nitrogens with zero attached hydrogens (tertiary/aromatic N) is 1. The lowest BCUT2D eigenvalue weighted by atomic mass is 10.4. The van der Waals surface area contributed by atoms with Gasteiger partial charge in [0.2, 0.25) is 5.91 Å². The molecule has 4 nitrogen and oxygen atoms in total. The highest BCUT2D eigenvalue weighted by atomic mass is 16.1. The van der Waals surface area contributed by atoms with Gasteiger partial charge < -0.3 is 10.3 Å². The Hall–Kier alpha value is -1.58. The summed E-state index contributed by atoms with van der Waals surface area (Å²) >= 11 is 0. The zero-order valence-corrected chi connectivity index (χ0v) is 6.71. The van der Waals surface area contributed by atoms with E-state index in [1.54, 1.807) is 18.6 Å². The number of aromatic amines is 1. The van der Waals surface area contributed by atoms with E-state index in [0.717, 1.165) is 5.69 Å². The first-order chi connectivity index (χ1) is 5.83. The Kier molecular flexibility index (Phi) is 3.07. The smallest absolute Gasteiger partial charge is 0.224 e. The highest BCUT2D eigenvalue weighted by Gasteiger charge is 1.97. The number of amides is 1. The van der Waals surface area contributed by atoms with E-state index in [4.69, 9.17) is 0 Å². The number of imidazole rings is 1. The zero-order valence-electron chi connectivity index (χ0n) is 6.71. The molecular formula is C8H11N3O. The van der Waals surface area contributed by atoms with E-state index in [1.807, 2.05) is 0 Å². The van der Waals surface area contributed by atoms with Crippen LogP contribution in [0.3, 0.4) is 0 Å². The van der Waals surface area contributed by atoms with Crippen molar-refractivity contribution >= 4 is 5.91 Å². The van der Waals surface area contributed by atoms with Crippen LogP contribution in [0.25, 0.3) is 0 Å². The van der Waals surface area contributed by atoms with Gasteiger partial charge in [0.1, 0.15) is 0 Å². The minimum atomic E-state index is -0.0281. The Morgan fingerprint density at radius 3 is 3.25 bits per heavy atom. The summed E-state index contributed by atoms with van der Waals surface area (Å²) in [7, 11) is 0. The molecule has 0 aliphatic carbocycles. The summed E-state index contributed by atoms with van der Waals surface area (Å²) in [5.41, 5.74) is 0.896. The van der Waals surface area contributed by atoms with Gasteiger partial charge in [-0.1, -0.05) is 6.08 Å². The fourth-order valence-electron chi connectivity index (χ4n) is 0.778. The lowest BCUT2D eigenvalue weighted by molar-refractivity contribution is -0.120. The van der Waals surface area contributed by atoms with Gasteiger partial charge in [0.15, 0.2) is 0 Å². The fourth-order valence-corrected chi connectivity index (χ4v) is 0.778. The fraction of sp³-hybridized carbons (Fsp3) is 0.250. The van der Waals surface area contributed by atoms with E-state index in [2.05, 4.69) is 21.9 Å². The van der Waals surface area contributed by atoms with E-state index < -0.39 is 0 Å². The van der Waals surface area contributed by atoms with Crippen molar-refractivity contribution < 1.29 is 4.79 Å². The molecule has 1 amide bonds. The summed E-state index contributed by atoms with van der Waals surface area (Å²) in [6.07, 6.45) is 5.18. The van der Waals surface area contributed by atoms with Gasteiger partial charge in [-0.15, -0.1) is 6.58 Å². The van der Waals surface area contributed by atoms with Crippen LogP contribution in [0, 0.1) is 0 Å². The molecule has 1 aromatic rings. The Bertz CT molecular complexity index is 253. The van der Waals surface area contributed by atoms with Gasteiger partial charge in [0, 0.05) is 12.6 Å². The predicted molar refractivity (Wildman–Crippen MR) is 45.2 cm³/mol. The van der Waals surface area contributed by atoms with Crippen LogP contribution in [0.1, 0.15) is 12.1 Å². The monoisotopic (exact) mass is 165 g/mol. The van der Waals surface area contributed by atoms with Gasteiger partial charge in [0.25, 0.3) is 0 Å². The molecule has 1 aromatic heterocycles. The highest BCUT2D eigenvalue weighted by Crippen LogP contribution is 1.89. The largest absolute Gasteiger partial charge is 0.350 e. The summed E-state index contributed by atoms with van der Waals surface area (Å²) in [5, 5.41) is 2.70. The first-order valence-corrected chi connectivity index (χ1v) is 3.68. The SMILES string of the molecule is C=CCC(=O)NCc1cnc[nH]1. The summed E-state index contributed by atoms with van der Waals surface area (Å²) in [4.78, 5) is 17.6. The van der Waals surface area contributed by atoms with Gasteiger partial charge in [-0.2, -0.15) is 0 Å². The maximum atomic E-state index is 10.9. The van der Waals surface area contributed by atoms with E-state index in [9.17, 15) is 4.79 Å². The highest BCUT2D eigenvalue weighted by molar-refractivity contribution is 5.77. The third-order valence-corrected chi connectivity index (χ3v) is 1.36. The molecule has 0 aromatic carbocycles. The molecule has 2 N–H and O–H groups in total. The lowest BCUT2D eigenvalue weighted by Crippen LogP contribution is -2.21. The molecule has 1 rings (SSSR count). The number of H-pyrrole nitrogens is 1. The maximum absolute atomic E-state index is 10.9. The maximum Gasteiger partial charge on any atom is 0.224 e. The summed E-state index contributed by atoms with van der Waals surface area (Å²) in [6.45, 7) is 3.96. The Morgan fingerprint density at radius 2 is 2.67 bits per heavy atom. The Balaban J connectivity index is 2.26. The minimum Gasteiger partial charge on any atom is -0.350 e. The molecular weight excluding hydrogens is 154 g/mol. The molecule has 0 radical (unpaired) electrons. The van der Waals surface area contributed by atoms with E-state index >= 15 is 0 Å². The number of rotatable bonds is 4. The van der Waals surface area contributed by atoms with E-state index in [1.165, 1.54) is 0 Å². The molecule has 0 unspecified atom stereocenters. The first-order valence-electron chi connectivity index (χ1n) is 3.68. The summed E-state index contributed by atoms with van der Waals surface area (Å²) < 4.78 is 0. The zero-order chi connectivity index (χ0) is 8.81. The van der Waals surface area contributed by atoms with Crippen LogP contribution in [0.5, 0.6) is 0 Å². The number of carbonyl (C=O) groups excluding carboxylic acids is 1. The van der Waals surface area contributed by atoms with Crippen LogP contribution in [0.4, 0.5) is 0 Å². The second-order valence-corrected chi connectivity index (χ2v) is 2.35. The lowest BCUT2D eigenvalue weighted by Gasteiger charge is -1.99. The van der Waals surface area contributed by atoms with Crippen molar-refractivity contribution in [1.29, 1.82) is 0 Å². The van der Waals surface area contributed by atoms with Crippen molar-refractivity contribution in [2.75, 3.05) is 0 Å². The number of carbonyl (C=O) groups is 1. The van der Waals surface area contributed by atoms with Gasteiger partial charge in [-0.3, -0.25) is 4.79 Å². The second kappa shape index (κ2) is 4.33. The number of hydrogen-bond acceptors (Lipinski definition) is 2. The minimum absolute atomic E-state index is 0.0281. The number of aromatic nitrogens is 2. The van der Waals surface area contributed by atoms with Crippen LogP contribution in [0.15, 0.2) is 25.2 Å². The summed E-state index contributed by atoms with van der Waals surface area (Å²) in [5.74, 6) is -0.0281. The van der Waals surface area contributed by atoms with E-state index in [0.29, 0.717) is 13.0 Å². The predicted octanol–water partition coefficient (Wildman–Crippen LogP) is 0.602. The molecule has 0 spiro atoms. The molecule has 1 heterocycles. The van der Waals surface area contributed by atoms with Crippen molar-refractivity contribution in [1.82, 2.24) is 15.3 Å². The van der Waals surface area contributed by atoms with Crippen LogP contribution in [0.2, 0.25) is 0 Å². The molecule has 0 saturated carbocycles. The molecule has 0 aliphatic rings. The molecule has 12 heavy (non-hydrogen) atoms. The molecule has 64 valence electrons. The molecule has 0 fully saturated rings. The molecule has 0 saturated heterocycles. The van der Waals surface area contributed by atoms with Crippen molar-refractivity contribution in [3.8, 4) is 0 Å². The van der Waals surface area contributed by atoms with Gasteiger partial charge in [0.05, 0.1) is 18.6 Å². The average molecular weight is 165 g/mol. The molecule has 4 heteroatoms. The van der Waals surface area contributed by atoms with Gasteiger partial charge in [-0.05, 0) is 0 Å². The van der Waals surface area contributed by atoms with Crippen LogP contribution in [-0.2, 0) is 11.3 Å². The van der Waals surface area contributed by atoms with Crippen LogP contribution >= 0.6 is 0 Å². The second-order valence-electron chi connectivity index (χ2n) is 2.35. The van der Waals surface area contributed by atoms with Crippen LogP contribution in [-0.4, -0.2) is 15.9 Å². The normalized spacial score (nSPS) is 9.33. The van der Waals surface area contributed by atoms with E-state index in [-0.39, 0.29) is 5.91 Å². The summed E-state index contributed by atoms with van der Waals surface area (Å²) in [6, 6.07) is 0. The first kappa shape index (κ1) is 8.52. The Morgan fingerprint density at radius 1 is 1.83 bits per heavy atom. The standard InChI is InChI=1S/C8H11N3O/c1-2-3-8(12)10-5-7-4-9-6-11-7/h2,4,6H,1,3,5H2,(H,9,11)(H,10,12). The van der Waals surface area contributed by atoms with Crippen LogP contribution < -0.4 is 5.32 Å². The van der Waals surface area contributed by atoms with Gasteiger partial charge >= 0.3 is 0 Å². The number of hydrogen-bond donors (Lipinski definition) is 2.